The standard InChI is InChI=1S/C24H26ClN3O4/c1-2-3-12-32-17-7-4-6-15(13-17)23-20-21(18-14-16(25)8-9-19(18)30)26-27-22(20)24(31)28(23)10-5-11-29/h4,6-9,13-14,23,29-30H,2-3,5,10-12H2,1H3,(H,26,27). The number of benzene rings is 2. The Morgan fingerprint density at radius 1 is 1.22 bits per heavy atom. The lowest BCUT2D eigenvalue weighted by atomic mass is 9.95. The van der Waals surface area contributed by atoms with E-state index in [-0.39, 0.29) is 18.3 Å². The molecule has 3 N–H and O–H groups in total. The number of hydrogen-bond acceptors (Lipinski definition) is 5. The van der Waals surface area contributed by atoms with Gasteiger partial charge in [0, 0.05) is 29.3 Å². The maximum absolute atomic E-state index is 13.2. The molecule has 0 radical (unpaired) electrons. The van der Waals surface area contributed by atoms with Crippen molar-refractivity contribution < 1.29 is 19.7 Å². The predicted octanol–water partition coefficient (Wildman–Crippen LogP) is 4.54. The summed E-state index contributed by atoms with van der Waals surface area (Å²) < 4.78 is 5.88. The molecule has 1 amide bonds. The number of aromatic amines is 1. The van der Waals surface area contributed by atoms with Crippen molar-refractivity contribution in [2.45, 2.75) is 32.2 Å². The molecule has 32 heavy (non-hydrogen) atoms. The van der Waals surface area contributed by atoms with E-state index in [1.807, 2.05) is 24.3 Å². The molecule has 0 saturated carbocycles. The highest BCUT2D eigenvalue weighted by molar-refractivity contribution is 6.31. The van der Waals surface area contributed by atoms with Gasteiger partial charge in [0.15, 0.2) is 0 Å². The summed E-state index contributed by atoms with van der Waals surface area (Å²) in [5, 5.41) is 27.5. The van der Waals surface area contributed by atoms with Gasteiger partial charge < -0.3 is 19.8 Å². The Balaban J connectivity index is 1.81. The molecule has 168 valence electrons. The average molecular weight is 456 g/mol. The summed E-state index contributed by atoms with van der Waals surface area (Å²) in [6, 6.07) is 12.0. The number of phenolic OH excluding ortho intramolecular Hbond substituents is 1. The Morgan fingerprint density at radius 2 is 2.06 bits per heavy atom. The number of amides is 1. The van der Waals surface area contributed by atoms with Crippen LogP contribution in [-0.4, -0.2) is 51.0 Å². The summed E-state index contributed by atoms with van der Waals surface area (Å²) in [6.45, 7) is 3.09. The highest BCUT2D eigenvalue weighted by Gasteiger charge is 2.42. The van der Waals surface area contributed by atoms with Crippen LogP contribution in [0, 0.1) is 0 Å². The number of hydrogen-bond donors (Lipinski definition) is 3. The first-order valence-corrected chi connectivity index (χ1v) is 11.1. The first-order valence-electron chi connectivity index (χ1n) is 10.8. The number of fused-ring (bicyclic) bond motifs is 1. The van der Waals surface area contributed by atoms with Crippen molar-refractivity contribution in [2.75, 3.05) is 19.8 Å². The van der Waals surface area contributed by atoms with Gasteiger partial charge >= 0.3 is 0 Å². The fourth-order valence-electron chi connectivity index (χ4n) is 4.03. The summed E-state index contributed by atoms with van der Waals surface area (Å²) in [5.74, 6) is 0.561. The van der Waals surface area contributed by atoms with Crippen molar-refractivity contribution in [2.24, 2.45) is 0 Å². The summed E-state index contributed by atoms with van der Waals surface area (Å²) in [6.07, 6.45) is 2.44. The topological polar surface area (TPSA) is 98.7 Å². The molecule has 1 atom stereocenters. The predicted molar refractivity (Wildman–Crippen MR) is 122 cm³/mol. The van der Waals surface area contributed by atoms with Gasteiger partial charge in [0.1, 0.15) is 22.9 Å². The number of carbonyl (C=O) groups is 1. The maximum atomic E-state index is 13.2. The second-order valence-electron chi connectivity index (χ2n) is 7.78. The van der Waals surface area contributed by atoms with Crippen LogP contribution in [0.3, 0.4) is 0 Å². The third-order valence-corrected chi connectivity index (χ3v) is 5.81. The van der Waals surface area contributed by atoms with E-state index in [1.54, 1.807) is 17.0 Å². The lowest BCUT2D eigenvalue weighted by Crippen LogP contribution is -2.31. The van der Waals surface area contributed by atoms with Gasteiger partial charge in [-0.15, -0.1) is 0 Å². The van der Waals surface area contributed by atoms with Gasteiger partial charge in [0.2, 0.25) is 0 Å². The molecular weight excluding hydrogens is 430 g/mol. The van der Waals surface area contributed by atoms with Gasteiger partial charge in [0.25, 0.3) is 5.91 Å². The largest absolute Gasteiger partial charge is 0.507 e. The Labute approximate surface area is 191 Å². The average Bonchev–Trinajstić information content (AvgIpc) is 3.33. The molecule has 2 aromatic carbocycles. The number of aliphatic hydroxyl groups excluding tert-OH is 1. The molecule has 4 rings (SSSR count). The van der Waals surface area contributed by atoms with Gasteiger partial charge in [-0.05, 0) is 48.7 Å². The third-order valence-electron chi connectivity index (χ3n) is 5.58. The van der Waals surface area contributed by atoms with E-state index in [0.29, 0.717) is 47.1 Å². The van der Waals surface area contributed by atoms with Crippen LogP contribution in [0.2, 0.25) is 5.02 Å². The van der Waals surface area contributed by atoms with Crippen LogP contribution >= 0.6 is 11.6 Å². The Hall–Kier alpha value is -3.03. The number of ether oxygens (including phenoxy) is 1. The highest BCUT2D eigenvalue weighted by Crippen LogP contribution is 2.45. The molecule has 0 fully saturated rings. The van der Waals surface area contributed by atoms with E-state index in [4.69, 9.17) is 16.3 Å². The number of H-pyrrole nitrogens is 1. The highest BCUT2D eigenvalue weighted by atomic mass is 35.5. The lowest BCUT2D eigenvalue weighted by molar-refractivity contribution is 0.0732. The van der Waals surface area contributed by atoms with Crippen LogP contribution in [0.4, 0.5) is 0 Å². The van der Waals surface area contributed by atoms with Crippen molar-refractivity contribution >= 4 is 17.5 Å². The van der Waals surface area contributed by atoms with E-state index < -0.39 is 6.04 Å². The third kappa shape index (κ3) is 4.18. The van der Waals surface area contributed by atoms with Crippen LogP contribution in [0.15, 0.2) is 42.5 Å². The van der Waals surface area contributed by atoms with Gasteiger partial charge in [-0.1, -0.05) is 37.1 Å². The van der Waals surface area contributed by atoms with Crippen LogP contribution in [0.25, 0.3) is 11.3 Å². The minimum absolute atomic E-state index is 0.0230. The molecular formula is C24H26ClN3O4. The van der Waals surface area contributed by atoms with Crippen molar-refractivity contribution in [1.82, 2.24) is 15.1 Å². The van der Waals surface area contributed by atoms with Gasteiger partial charge in [0.05, 0.1) is 12.6 Å². The number of aromatic nitrogens is 2. The monoisotopic (exact) mass is 455 g/mol. The van der Waals surface area contributed by atoms with E-state index in [1.165, 1.54) is 6.07 Å². The molecule has 7 nitrogen and oxygen atoms in total. The summed E-state index contributed by atoms with van der Waals surface area (Å²) in [4.78, 5) is 14.9. The van der Waals surface area contributed by atoms with Crippen LogP contribution in [0.5, 0.6) is 11.5 Å². The van der Waals surface area contributed by atoms with E-state index in [0.717, 1.165) is 24.2 Å². The smallest absolute Gasteiger partial charge is 0.273 e. The van der Waals surface area contributed by atoms with Gasteiger partial charge in [-0.25, -0.2) is 0 Å². The number of carbonyl (C=O) groups excluding carboxylic acids is 1. The number of halogens is 1. The molecule has 0 saturated heterocycles. The van der Waals surface area contributed by atoms with Crippen molar-refractivity contribution in [1.29, 1.82) is 0 Å². The van der Waals surface area contributed by atoms with E-state index in [9.17, 15) is 15.0 Å². The molecule has 8 heteroatoms. The number of unbranched alkanes of at least 4 members (excludes halogenated alkanes) is 1. The first-order chi connectivity index (χ1) is 15.5. The minimum atomic E-state index is -0.439. The fraction of sp³-hybridized carbons (Fsp3) is 0.333. The number of nitrogens with one attached hydrogen (secondary N) is 1. The van der Waals surface area contributed by atoms with Crippen LogP contribution in [0.1, 0.15) is 53.8 Å². The number of aromatic hydroxyl groups is 1. The Kier molecular flexibility index (Phi) is 6.67. The summed E-state index contributed by atoms with van der Waals surface area (Å²) >= 11 is 6.17. The fourth-order valence-corrected chi connectivity index (χ4v) is 4.20. The molecule has 0 spiro atoms. The molecule has 3 aromatic rings. The molecule has 0 bridgehead atoms. The Morgan fingerprint density at radius 3 is 2.84 bits per heavy atom. The zero-order valence-corrected chi connectivity index (χ0v) is 18.6. The molecule has 1 aromatic heterocycles. The quantitative estimate of drug-likeness (QED) is 0.411. The SMILES string of the molecule is CCCCOc1cccc(C2c3c(-c4cc(Cl)ccc4O)n[nH]c3C(=O)N2CCCO)c1. The van der Waals surface area contributed by atoms with Crippen LogP contribution < -0.4 is 4.74 Å². The van der Waals surface area contributed by atoms with Gasteiger partial charge in [-0.2, -0.15) is 5.10 Å². The van der Waals surface area contributed by atoms with Crippen molar-refractivity contribution in [3.8, 4) is 22.8 Å². The minimum Gasteiger partial charge on any atom is -0.507 e. The molecule has 2 heterocycles. The second-order valence-corrected chi connectivity index (χ2v) is 8.21. The maximum Gasteiger partial charge on any atom is 0.273 e. The molecule has 0 aliphatic carbocycles. The summed E-state index contributed by atoms with van der Waals surface area (Å²) in [7, 11) is 0. The van der Waals surface area contributed by atoms with Crippen LogP contribution in [-0.2, 0) is 0 Å². The first kappa shape index (κ1) is 22.2. The lowest BCUT2D eigenvalue weighted by Gasteiger charge is -2.26. The second kappa shape index (κ2) is 9.63. The molecule has 1 aliphatic heterocycles. The molecule has 1 aliphatic rings. The number of aliphatic hydroxyl groups is 1. The van der Waals surface area contributed by atoms with Crippen molar-refractivity contribution in [3.63, 3.8) is 0 Å². The molecule has 1 unspecified atom stereocenters. The Bertz CT molecular complexity index is 1110. The van der Waals surface area contributed by atoms with E-state index in [2.05, 4.69) is 17.1 Å². The van der Waals surface area contributed by atoms with E-state index >= 15 is 0 Å². The zero-order valence-electron chi connectivity index (χ0n) is 17.8. The normalized spacial score (nSPS) is 15.3. The van der Waals surface area contributed by atoms with Crippen molar-refractivity contribution in [3.05, 3.63) is 64.3 Å². The number of nitrogens with zero attached hydrogens (tertiary/aromatic N) is 2. The summed E-state index contributed by atoms with van der Waals surface area (Å²) in [5.41, 5.74) is 2.85. The van der Waals surface area contributed by atoms with Gasteiger partial charge in [-0.3, -0.25) is 9.89 Å². The zero-order chi connectivity index (χ0) is 22.7. The number of phenols is 1. The number of rotatable bonds is 9.